The van der Waals surface area contributed by atoms with E-state index in [1.54, 1.807) is 0 Å². The Labute approximate surface area is 117 Å². The number of amidine groups is 1. The van der Waals surface area contributed by atoms with E-state index < -0.39 is 11.6 Å². The average molecular weight is 286 g/mol. The van der Waals surface area contributed by atoms with Gasteiger partial charge in [-0.25, -0.2) is 8.78 Å². The lowest BCUT2D eigenvalue weighted by Gasteiger charge is -2.22. The van der Waals surface area contributed by atoms with Crippen LogP contribution in [0.1, 0.15) is 33.1 Å². The molecule has 19 heavy (non-hydrogen) atoms. The normalized spacial score (nSPS) is 11.6. The van der Waals surface area contributed by atoms with Gasteiger partial charge in [-0.3, -0.25) is 5.41 Å². The average Bonchev–Trinajstić information content (AvgIpc) is 2.31. The molecule has 0 aliphatic heterocycles. The summed E-state index contributed by atoms with van der Waals surface area (Å²) >= 11 is 1.39. The van der Waals surface area contributed by atoms with Gasteiger partial charge in [0.1, 0.15) is 11.6 Å². The fourth-order valence-corrected chi connectivity index (χ4v) is 2.51. The molecule has 5 heteroatoms. The van der Waals surface area contributed by atoms with Crippen molar-refractivity contribution in [2.45, 2.75) is 38.0 Å². The molecule has 0 aliphatic carbocycles. The summed E-state index contributed by atoms with van der Waals surface area (Å²) in [7, 11) is 0. The summed E-state index contributed by atoms with van der Waals surface area (Å²) in [6.45, 7) is 3.89. The Hall–Kier alpha value is -1.10. The lowest BCUT2D eigenvalue weighted by Crippen LogP contribution is -2.30. The van der Waals surface area contributed by atoms with Crippen LogP contribution >= 0.6 is 11.8 Å². The molecule has 0 atom stereocenters. The molecule has 3 N–H and O–H groups in total. The van der Waals surface area contributed by atoms with Crippen molar-refractivity contribution in [1.82, 2.24) is 0 Å². The molecular formula is C14H20F2N2S. The molecule has 0 aromatic heterocycles. The number of halogens is 2. The summed E-state index contributed by atoms with van der Waals surface area (Å²) in [4.78, 5) is 0.479. The molecule has 0 saturated heterocycles. The number of benzene rings is 1. The van der Waals surface area contributed by atoms with E-state index in [-0.39, 0.29) is 11.3 Å². The largest absolute Gasteiger partial charge is 0.387 e. The van der Waals surface area contributed by atoms with Gasteiger partial charge in [-0.1, -0.05) is 20.3 Å². The van der Waals surface area contributed by atoms with Gasteiger partial charge < -0.3 is 5.73 Å². The summed E-state index contributed by atoms with van der Waals surface area (Å²) < 4.78 is 26.1. The molecule has 1 aromatic carbocycles. The third-order valence-electron chi connectivity index (χ3n) is 3.08. The highest BCUT2D eigenvalue weighted by molar-refractivity contribution is 7.99. The lowest BCUT2D eigenvalue weighted by atomic mass is 9.86. The van der Waals surface area contributed by atoms with Crippen LogP contribution in [-0.4, -0.2) is 11.6 Å². The molecule has 0 radical (unpaired) electrons. The van der Waals surface area contributed by atoms with Crippen molar-refractivity contribution in [1.29, 1.82) is 5.41 Å². The first-order valence-electron chi connectivity index (χ1n) is 6.25. The minimum atomic E-state index is -0.551. The lowest BCUT2D eigenvalue weighted by molar-refractivity contribution is 0.448. The Balaban J connectivity index is 2.30. The molecule has 0 spiro atoms. The molecule has 106 valence electrons. The number of unbranched alkanes of at least 4 members (excludes halogenated alkanes) is 1. The van der Waals surface area contributed by atoms with Crippen molar-refractivity contribution in [2.24, 2.45) is 11.1 Å². The van der Waals surface area contributed by atoms with Crippen LogP contribution < -0.4 is 5.73 Å². The third-order valence-corrected chi connectivity index (χ3v) is 4.21. The highest BCUT2D eigenvalue weighted by Gasteiger charge is 2.20. The smallest absolute Gasteiger partial charge is 0.139 e. The second kappa shape index (κ2) is 6.89. The van der Waals surface area contributed by atoms with Crippen molar-refractivity contribution in [3.05, 3.63) is 29.8 Å². The Morgan fingerprint density at radius 3 is 2.58 bits per heavy atom. The van der Waals surface area contributed by atoms with Crippen LogP contribution in [0.2, 0.25) is 0 Å². The monoisotopic (exact) mass is 286 g/mol. The number of hydrogen-bond donors (Lipinski definition) is 2. The van der Waals surface area contributed by atoms with Crippen molar-refractivity contribution >= 4 is 17.6 Å². The molecule has 2 nitrogen and oxygen atoms in total. The molecule has 0 unspecified atom stereocenters. The van der Waals surface area contributed by atoms with Gasteiger partial charge in [0.2, 0.25) is 0 Å². The quantitative estimate of drug-likeness (QED) is 0.342. The van der Waals surface area contributed by atoms with Gasteiger partial charge in [-0.15, -0.1) is 11.8 Å². The molecule has 1 rings (SSSR count). The summed E-state index contributed by atoms with van der Waals surface area (Å²) in [5.74, 6) is -0.0832. The number of rotatable bonds is 7. The fraction of sp³-hybridized carbons (Fsp3) is 0.500. The number of thioether (sulfide) groups is 1. The van der Waals surface area contributed by atoms with E-state index in [2.05, 4.69) is 0 Å². The van der Waals surface area contributed by atoms with Gasteiger partial charge in [-0.2, -0.15) is 0 Å². The molecule has 0 bridgehead atoms. The second-order valence-corrected chi connectivity index (χ2v) is 6.31. The zero-order chi connectivity index (χ0) is 14.5. The van der Waals surface area contributed by atoms with Crippen LogP contribution in [0.4, 0.5) is 8.78 Å². The maximum Gasteiger partial charge on any atom is 0.139 e. The first-order chi connectivity index (χ1) is 8.83. The Bertz CT molecular complexity index is 447. The number of nitrogens with two attached hydrogens (primary N) is 1. The van der Waals surface area contributed by atoms with Crippen LogP contribution in [-0.2, 0) is 0 Å². The van der Waals surface area contributed by atoms with E-state index in [1.165, 1.54) is 23.9 Å². The van der Waals surface area contributed by atoms with Crippen LogP contribution in [0, 0.1) is 22.5 Å². The predicted molar refractivity (Wildman–Crippen MR) is 76.6 cm³/mol. The topological polar surface area (TPSA) is 49.9 Å². The van der Waals surface area contributed by atoms with Crippen LogP contribution in [0.15, 0.2) is 23.1 Å². The highest BCUT2D eigenvalue weighted by Crippen LogP contribution is 2.26. The number of hydrogen-bond acceptors (Lipinski definition) is 2. The summed E-state index contributed by atoms with van der Waals surface area (Å²) in [5, 5.41) is 7.45. The van der Waals surface area contributed by atoms with E-state index in [4.69, 9.17) is 11.1 Å². The maximum atomic E-state index is 13.3. The van der Waals surface area contributed by atoms with Crippen LogP contribution in [0.5, 0.6) is 0 Å². The van der Waals surface area contributed by atoms with Gasteiger partial charge in [0.15, 0.2) is 0 Å². The highest BCUT2D eigenvalue weighted by atomic mass is 32.2. The Kier molecular flexibility index (Phi) is 5.79. The van der Waals surface area contributed by atoms with E-state index in [0.717, 1.165) is 31.1 Å². The first-order valence-corrected chi connectivity index (χ1v) is 7.24. The molecule has 0 aliphatic rings. The minimum absolute atomic E-state index is 0.199. The molecule has 0 saturated carbocycles. The van der Waals surface area contributed by atoms with Crippen molar-refractivity contribution < 1.29 is 8.78 Å². The van der Waals surface area contributed by atoms with Crippen molar-refractivity contribution in [3.63, 3.8) is 0 Å². The SMILES string of the molecule is CC(C)(CCCCSc1ccc(F)cc1F)C(=N)N. The first kappa shape index (κ1) is 16.0. The standard InChI is InChI=1S/C14H20F2N2S/c1-14(2,13(17)18)7-3-4-8-19-12-6-5-10(15)9-11(12)16/h5-6,9H,3-4,7-8H2,1-2H3,(H3,17,18). The predicted octanol–water partition coefficient (Wildman–Crippen LogP) is 4.19. The second-order valence-electron chi connectivity index (χ2n) is 5.18. The minimum Gasteiger partial charge on any atom is -0.387 e. The maximum absolute atomic E-state index is 13.3. The van der Waals surface area contributed by atoms with Gasteiger partial charge >= 0.3 is 0 Å². The Morgan fingerprint density at radius 1 is 1.32 bits per heavy atom. The third kappa shape index (κ3) is 5.19. The Morgan fingerprint density at radius 2 is 2.00 bits per heavy atom. The summed E-state index contributed by atoms with van der Waals surface area (Å²) in [6.07, 6.45) is 2.69. The zero-order valence-corrected chi connectivity index (χ0v) is 12.1. The van der Waals surface area contributed by atoms with E-state index in [1.807, 2.05) is 13.8 Å². The molecule has 0 amide bonds. The van der Waals surface area contributed by atoms with Gasteiger partial charge in [0.05, 0.1) is 5.84 Å². The molecule has 0 fully saturated rings. The van der Waals surface area contributed by atoms with E-state index >= 15 is 0 Å². The van der Waals surface area contributed by atoms with Gasteiger partial charge in [-0.05, 0) is 30.7 Å². The fourth-order valence-electron chi connectivity index (χ4n) is 1.58. The van der Waals surface area contributed by atoms with Crippen LogP contribution in [0.25, 0.3) is 0 Å². The summed E-state index contributed by atoms with van der Waals surface area (Å²) in [5.41, 5.74) is 5.23. The zero-order valence-electron chi connectivity index (χ0n) is 11.3. The van der Waals surface area contributed by atoms with E-state index in [9.17, 15) is 8.78 Å². The van der Waals surface area contributed by atoms with E-state index in [0.29, 0.717) is 4.90 Å². The van der Waals surface area contributed by atoms with Crippen LogP contribution in [0.3, 0.4) is 0 Å². The van der Waals surface area contributed by atoms with Crippen molar-refractivity contribution in [3.8, 4) is 0 Å². The number of nitrogens with one attached hydrogen (secondary N) is 1. The van der Waals surface area contributed by atoms with Gasteiger partial charge in [0, 0.05) is 16.4 Å². The summed E-state index contributed by atoms with van der Waals surface area (Å²) in [6, 6.07) is 3.64. The molecular weight excluding hydrogens is 266 g/mol. The molecule has 1 aromatic rings. The van der Waals surface area contributed by atoms with Crippen molar-refractivity contribution in [2.75, 3.05) is 5.75 Å². The van der Waals surface area contributed by atoms with Gasteiger partial charge in [0.25, 0.3) is 0 Å². The molecule has 0 heterocycles.